The predicted molar refractivity (Wildman–Crippen MR) is 144 cm³/mol. The Kier molecular flexibility index (Phi) is 20.7. The van der Waals surface area contributed by atoms with Gasteiger partial charge in [-0.1, -0.05) is 50.6 Å². The first-order valence-electron chi connectivity index (χ1n) is 13.0. The van der Waals surface area contributed by atoms with E-state index >= 15 is 0 Å². The largest absolute Gasteiger partial charge is 0.515 e. The monoisotopic (exact) mass is 592 g/mol. The highest BCUT2D eigenvalue weighted by atomic mass is 19.3. The lowest BCUT2D eigenvalue weighted by molar-refractivity contribution is -0.176. The second kappa shape index (κ2) is 22.4. The first kappa shape index (κ1) is 37.8. The molecule has 5 rings (SSSR count). The van der Waals surface area contributed by atoms with Gasteiger partial charge in [0.2, 0.25) is 0 Å². The van der Waals surface area contributed by atoms with Crippen molar-refractivity contribution >= 4 is 17.7 Å². The second-order valence-electron chi connectivity index (χ2n) is 8.78. The minimum atomic E-state index is -2.91. The molecular formula is C29H40F4O8. The molecule has 2 saturated carbocycles. The van der Waals surface area contributed by atoms with Crippen LogP contribution in [0.2, 0.25) is 0 Å². The molecule has 0 bridgehead atoms. The molecule has 1 spiro atoms. The average Bonchev–Trinajstić information content (AvgIpc) is 3.63. The number of aliphatic hydroxyl groups excluding tert-OH is 1. The van der Waals surface area contributed by atoms with Crippen LogP contribution in [0.5, 0.6) is 0 Å². The molecule has 41 heavy (non-hydrogen) atoms. The molecule has 2 saturated heterocycles. The fourth-order valence-corrected chi connectivity index (χ4v) is 3.88. The van der Waals surface area contributed by atoms with Crippen molar-refractivity contribution < 1.29 is 56.0 Å². The molecule has 4 fully saturated rings. The molecule has 0 radical (unpaired) electrons. The van der Waals surface area contributed by atoms with Crippen molar-refractivity contribution in [3.05, 3.63) is 60.4 Å². The summed E-state index contributed by atoms with van der Waals surface area (Å²) in [7, 11) is 0. The van der Waals surface area contributed by atoms with Gasteiger partial charge in [-0.2, -0.15) is 17.6 Å². The summed E-state index contributed by atoms with van der Waals surface area (Å²) in [4.78, 5) is 31.3. The van der Waals surface area contributed by atoms with E-state index < -0.39 is 18.3 Å². The summed E-state index contributed by atoms with van der Waals surface area (Å²) in [5.74, 6) is 0.150. The molecule has 2 aliphatic heterocycles. The van der Waals surface area contributed by atoms with Gasteiger partial charge in [0.15, 0.2) is 11.6 Å². The van der Waals surface area contributed by atoms with E-state index in [1.165, 1.54) is 25.7 Å². The lowest BCUT2D eigenvalue weighted by atomic mass is 9.94. The highest BCUT2D eigenvalue weighted by Crippen LogP contribution is 2.35. The fourth-order valence-electron chi connectivity index (χ4n) is 3.88. The van der Waals surface area contributed by atoms with Gasteiger partial charge in [0.1, 0.15) is 19.0 Å². The minimum Gasteiger partial charge on any atom is -0.515 e. The Morgan fingerprint density at radius 1 is 0.756 bits per heavy atom. The third-order valence-electron chi connectivity index (χ3n) is 5.79. The molecule has 0 amide bonds. The van der Waals surface area contributed by atoms with E-state index in [0.29, 0.717) is 24.6 Å². The molecule has 0 unspecified atom stereocenters. The third kappa shape index (κ3) is 17.9. The van der Waals surface area contributed by atoms with Crippen molar-refractivity contribution in [3.63, 3.8) is 0 Å². The molecule has 2 heterocycles. The lowest BCUT2D eigenvalue weighted by Gasteiger charge is -2.30. The zero-order valence-corrected chi connectivity index (χ0v) is 22.3. The van der Waals surface area contributed by atoms with Crippen LogP contribution >= 0.6 is 0 Å². The Labute approximate surface area is 238 Å². The van der Waals surface area contributed by atoms with E-state index in [4.69, 9.17) is 14.6 Å². The Hall–Kier alpha value is -3.25. The highest BCUT2D eigenvalue weighted by Gasteiger charge is 2.37. The maximum absolute atomic E-state index is 11.0. The molecule has 1 aromatic carbocycles. The second-order valence-corrected chi connectivity index (χ2v) is 8.78. The van der Waals surface area contributed by atoms with E-state index in [2.05, 4.69) is 9.47 Å². The molecule has 0 atom stereocenters. The molecule has 0 aromatic heterocycles. The van der Waals surface area contributed by atoms with Crippen LogP contribution in [-0.2, 0) is 23.7 Å². The number of cyclic esters (lactones) is 2. The van der Waals surface area contributed by atoms with E-state index in [1.807, 2.05) is 6.07 Å². The number of carbonyl (C=O) groups is 3. The molecule has 232 valence electrons. The van der Waals surface area contributed by atoms with Gasteiger partial charge >= 0.3 is 18.3 Å². The summed E-state index contributed by atoms with van der Waals surface area (Å²) < 4.78 is 60.8. The van der Waals surface area contributed by atoms with Gasteiger partial charge in [-0.25, -0.2) is 4.79 Å². The maximum Gasteiger partial charge on any atom is 0.508 e. The van der Waals surface area contributed by atoms with E-state index in [0.717, 1.165) is 64.1 Å². The summed E-state index contributed by atoms with van der Waals surface area (Å²) in [5.41, 5.74) is 0.581. The van der Waals surface area contributed by atoms with Crippen molar-refractivity contribution in [1.82, 2.24) is 0 Å². The van der Waals surface area contributed by atoms with Gasteiger partial charge in [0, 0.05) is 37.3 Å². The zero-order valence-electron chi connectivity index (χ0n) is 22.3. The lowest BCUT2D eigenvalue weighted by Crippen LogP contribution is -2.32. The van der Waals surface area contributed by atoms with Crippen LogP contribution in [0.1, 0.15) is 82.0 Å². The van der Waals surface area contributed by atoms with Gasteiger partial charge in [0.05, 0.1) is 19.5 Å². The van der Waals surface area contributed by atoms with Crippen molar-refractivity contribution in [1.29, 1.82) is 0 Å². The molecule has 8 nitrogen and oxygen atoms in total. The number of halogens is 4. The molecule has 1 N–H and O–H groups in total. The van der Waals surface area contributed by atoms with Gasteiger partial charge in [-0.15, -0.1) is 0 Å². The van der Waals surface area contributed by atoms with Crippen LogP contribution in [-0.4, -0.2) is 55.0 Å². The summed E-state index contributed by atoms with van der Waals surface area (Å²) in [6.07, 6.45) is 6.89. The molecular weight excluding hydrogens is 552 g/mol. The van der Waals surface area contributed by atoms with Gasteiger partial charge in [-0.3, -0.25) is 9.59 Å². The highest BCUT2D eigenvalue weighted by molar-refractivity contribution is 6.04. The van der Waals surface area contributed by atoms with E-state index in [-0.39, 0.29) is 19.0 Å². The smallest absolute Gasteiger partial charge is 0.508 e. The zero-order chi connectivity index (χ0) is 29.6. The first-order chi connectivity index (χ1) is 19.2. The maximum atomic E-state index is 11.0. The van der Waals surface area contributed by atoms with E-state index in [9.17, 15) is 31.9 Å². The van der Waals surface area contributed by atoms with Crippen LogP contribution in [0.25, 0.3) is 0 Å². The normalized spacial score (nSPS) is 18.2. The number of benzene rings is 1. The predicted octanol–water partition coefficient (Wildman–Crippen LogP) is 7.93. The Bertz CT molecular complexity index is 905. The Morgan fingerprint density at radius 2 is 1.24 bits per heavy atom. The van der Waals surface area contributed by atoms with Crippen LogP contribution in [0, 0.1) is 0 Å². The van der Waals surface area contributed by atoms with Crippen molar-refractivity contribution in [2.24, 2.45) is 0 Å². The number of ether oxygens (including phenoxy) is 4. The number of ketones is 2. The first-order valence-corrected chi connectivity index (χ1v) is 13.0. The summed E-state index contributed by atoms with van der Waals surface area (Å²) in [5, 5.41) is 8.30. The van der Waals surface area contributed by atoms with Crippen LogP contribution in [0.4, 0.5) is 22.4 Å². The summed E-state index contributed by atoms with van der Waals surface area (Å²) in [6, 6.07) is 8.78. The Balaban J connectivity index is 0.000000497. The van der Waals surface area contributed by atoms with Gasteiger partial charge in [0.25, 0.3) is 0 Å². The molecule has 12 heteroatoms. The number of Topliss-reactive ketones (excluding diaryl/α,β-unsaturated/α-hetero) is 1. The average molecular weight is 593 g/mol. The van der Waals surface area contributed by atoms with Gasteiger partial charge in [-0.05, 0) is 25.7 Å². The molecule has 4 aliphatic rings. The van der Waals surface area contributed by atoms with Gasteiger partial charge < -0.3 is 24.1 Å². The van der Waals surface area contributed by atoms with E-state index in [1.54, 1.807) is 24.3 Å². The van der Waals surface area contributed by atoms with Crippen LogP contribution in [0.3, 0.4) is 0 Å². The number of aliphatic hydroxyl groups is 1. The number of allylic oxidation sites excluding steroid dienone is 1. The minimum absolute atomic E-state index is 0. The quantitative estimate of drug-likeness (QED) is 0.121. The standard InChI is InChI=1S/C9H8O2.C8H14O2.C6H10O.C3H4O3.C2F4.CH4/c10-7-6-9(11)8-4-2-1-3-5-8;1-2-4-8(5-3-1)9-6-7-10-8;7-6-4-2-1-3-5-6;4-3-5-1-2-6-3;3-1(4)2(5)6;/h1-7,10H;1-7H2;1-5H2;1-2H2;;1H4/b7-6-;;;;;. The fraction of sp³-hybridized carbons (Fsp3) is 0.552. The number of carbonyl (C=O) groups excluding carboxylic acids is 3. The van der Waals surface area contributed by atoms with Crippen LogP contribution in [0.15, 0.2) is 54.8 Å². The Morgan fingerprint density at radius 3 is 1.61 bits per heavy atom. The number of hydrogen-bond acceptors (Lipinski definition) is 8. The van der Waals surface area contributed by atoms with Crippen molar-refractivity contribution in [3.8, 4) is 0 Å². The molecule has 1 aromatic rings. The summed E-state index contributed by atoms with van der Waals surface area (Å²) in [6.45, 7) is 2.44. The number of hydrogen-bond donors (Lipinski definition) is 1. The van der Waals surface area contributed by atoms with Crippen molar-refractivity contribution in [2.75, 3.05) is 26.4 Å². The summed E-state index contributed by atoms with van der Waals surface area (Å²) >= 11 is 0. The van der Waals surface area contributed by atoms with Crippen LogP contribution < -0.4 is 0 Å². The van der Waals surface area contributed by atoms with Crippen molar-refractivity contribution in [2.45, 2.75) is 77.4 Å². The molecule has 2 aliphatic carbocycles. The SMILES string of the molecule is C.C1CCC2(CC1)OCCO2.FC(F)=C(F)F.O=C(/C=C\O)c1ccccc1.O=C1CCCCC1.O=C1OCCO1. The number of rotatable bonds is 2. The third-order valence-corrected chi connectivity index (χ3v) is 5.79. The topological polar surface area (TPSA) is 108 Å².